The third-order valence-electron chi connectivity index (χ3n) is 4.56. The Hall–Kier alpha value is -2.29. The lowest BCUT2D eigenvalue weighted by molar-refractivity contribution is -0.136. The van der Waals surface area contributed by atoms with Crippen LogP contribution in [-0.2, 0) is 16.1 Å². The van der Waals surface area contributed by atoms with Gasteiger partial charge in [0.15, 0.2) is 5.16 Å². The lowest BCUT2D eigenvalue weighted by Gasteiger charge is -2.34. The van der Waals surface area contributed by atoms with E-state index in [9.17, 15) is 9.59 Å². The van der Waals surface area contributed by atoms with Crippen molar-refractivity contribution in [1.82, 2.24) is 24.6 Å². The van der Waals surface area contributed by atoms with Crippen LogP contribution in [-0.4, -0.2) is 68.3 Å². The van der Waals surface area contributed by atoms with Crippen molar-refractivity contribution in [3.05, 3.63) is 30.0 Å². The molecule has 1 aliphatic heterocycles. The number of amides is 2. The number of carbonyl (C=O) groups excluding carboxylic acids is 2. The molecule has 3 heterocycles. The van der Waals surface area contributed by atoms with Crippen molar-refractivity contribution in [3.63, 3.8) is 0 Å². The molecule has 0 saturated carbocycles. The average Bonchev–Trinajstić information content (AvgIpc) is 3.30. The van der Waals surface area contributed by atoms with Crippen molar-refractivity contribution < 1.29 is 14.0 Å². The molecule has 1 fully saturated rings. The van der Waals surface area contributed by atoms with Gasteiger partial charge in [-0.15, -0.1) is 10.2 Å². The molecule has 0 atom stereocenters. The van der Waals surface area contributed by atoms with Crippen LogP contribution in [0.25, 0.3) is 0 Å². The van der Waals surface area contributed by atoms with Gasteiger partial charge in [-0.05, 0) is 12.1 Å². The Morgan fingerprint density at radius 3 is 2.48 bits per heavy atom. The van der Waals surface area contributed by atoms with Crippen LogP contribution in [0.15, 0.2) is 28.0 Å². The van der Waals surface area contributed by atoms with E-state index in [4.69, 9.17) is 4.42 Å². The van der Waals surface area contributed by atoms with Crippen LogP contribution in [0, 0.1) is 0 Å². The minimum atomic E-state index is 0.0573. The summed E-state index contributed by atoms with van der Waals surface area (Å²) in [7, 11) is 0. The summed E-state index contributed by atoms with van der Waals surface area (Å²) in [5, 5.41) is 9.29. The van der Waals surface area contributed by atoms with Gasteiger partial charge in [0.05, 0.1) is 18.6 Å². The van der Waals surface area contributed by atoms with Crippen LogP contribution >= 0.6 is 11.8 Å². The Kier molecular flexibility index (Phi) is 6.20. The number of piperazine rings is 1. The summed E-state index contributed by atoms with van der Waals surface area (Å²) in [6.07, 6.45) is 1.64. The summed E-state index contributed by atoms with van der Waals surface area (Å²) in [6, 6.07) is 3.77. The highest BCUT2D eigenvalue weighted by Crippen LogP contribution is 2.23. The van der Waals surface area contributed by atoms with E-state index in [-0.39, 0.29) is 17.7 Å². The van der Waals surface area contributed by atoms with Gasteiger partial charge in [0.25, 0.3) is 0 Å². The second-order valence-electron chi connectivity index (χ2n) is 6.84. The summed E-state index contributed by atoms with van der Waals surface area (Å²) in [5.41, 5.74) is 0. The Morgan fingerprint density at radius 1 is 1.19 bits per heavy atom. The number of aromatic nitrogens is 3. The molecule has 0 spiro atoms. The number of furan rings is 1. The van der Waals surface area contributed by atoms with Crippen LogP contribution in [0.1, 0.15) is 38.3 Å². The third kappa shape index (κ3) is 4.71. The maximum Gasteiger partial charge on any atom is 0.233 e. The van der Waals surface area contributed by atoms with Gasteiger partial charge in [0, 0.05) is 39.0 Å². The molecule has 2 aromatic heterocycles. The molecule has 0 bridgehead atoms. The third-order valence-corrected chi connectivity index (χ3v) is 5.51. The molecule has 146 valence electrons. The van der Waals surface area contributed by atoms with Gasteiger partial charge < -0.3 is 14.2 Å². The molecule has 0 aromatic carbocycles. The Balaban J connectivity index is 1.62. The van der Waals surface area contributed by atoms with Crippen molar-refractivity contribution in [2.45, 2.75) is 38.4 Å². The topological polar surface area (TPSA) is 84.5 Å². The van der Waals surface area contributed by atoms with Crippen LogP contribution < -0.4 is 0 Å². The maximum absolute atomic E-state index is 12.5. The fraction of sp³-hybridized carbons (Fsp3) is 0.556. The van der Waals surface area contributed by atoms with Gasteiger partial charge in [-0.25, -0.2) is 0 Å². The second kappa shape index (κ2) is 8.60. The summed E-state index contributed by atoms with van der Waals surface area (Å²) in [6.45, 7) is 8.58. The van der Waals surface area contributed by atoms with E-state index in [1.807, 2.05) is 21.6 Å². The van der Waals surface area contributed by atoms with Crippen LogP contribution in [0.5, 0.6) is 0 Å². The highest BCUT2D eigenvalue weighted by molar-refractivity contribution is 7.99. The minimum absolute atomic E-state index is 0.0573. The molecule has 9 heteroatoms. The molecule has 0 N–H and O–H groups in total. The van der Waals surface area contributed by atoms with E-state index in [1.165, 1.54) is 11.8 Å². The number of nitrogens with zero attached hydrogens (tertiary/aromatic N) is 5. The lowest BCUT2D eigenvalue weighted by atomic mass is 10.2. The number of carbonyl (C=O) groups is 2. The van der Waals surface area contributed by atoms with Gasteiger partial charge in [-0.2, -0.15) is 0 Å². The standard InChI is InChI=1S/C18H25N5O3S/c1-13(2)17-19-20-18(23(17)11-15-5-4-10-26-15)27-12-16(25)22-8-6-21(7-9-22)14(3)24/h4-5,10,13H,6-9,11-12H2,1-3H3. The normalized spacial score (nSPS) is 14.8. The summed E-state index contributed by atoms with van der Waals surface area (Å²) < 4.78 is 7.46. The lowest BCUT2D eigenvalue weighted by Crippen LogP contribution is -2.50. The number of hydrogen-bond donors (Lipinski definition) is 0. The summed E-state index contributed by atoms with van der Waals surface area (Å²) >= 11 is 1.39. The number of rotatable bonds is 6. The first-order chi connectivity index (χ1) is 13.0. The minimum Gasteiger partial charge on any atom is -0.467 e. The van der Waals surface area contributed by atoms with Gasteiger partial charge in [-0.1, -0.05) is 25.6 Å². The van der Waals surface area contributed by atoms with Gasteiger partial charge >= 0.3 is 0 Å². The van der Waals surface area contributed by atoms with E-state index in [0.717, 1.165) is 11.6 Å². The average molecular weight is 391 g/mol. The number of thioether (sulfide) groups is 1. The molecular weight excluding hydrogens is 366 g/mol. The SMILES string of the molecule is CC(=O)N1CCN(C(=O)CSc2nnc(C(C)C)n2Cc2ccco2)CC1. The van der Waals surface area contributed by atoms with E-state index in [0.29, 0.717) is 43.6 Å². The van der Waals surface area contributed by atoms with Crippen molar-refractivity contribution >= 4 is 23.6 Å². The Bertz CT molecular complexity index is 779. The van der Waals surface area contributed by atoms with Crippen molar-refractivity contribution in [3.8, 4) is 0 Å². The maximum atomic E-state index is 12.5. The van der Waals surface area contributed by atoms with Crippen molar-refractivity contribution in [1.29, 1.82) is 0 Å². The molecule has 8 nitrogen and oxygen atoms in total. The Morgan fingerprint density at radius 2 is 1.89 bits per heavy atom. The monoisotopic (exact) mass is 391 g/mol. The van der Waals surface area contributed by atoms with Crippen LogP contribution in [0.2, 0.25) is 0 Å². The highest BCUT2D eigenvalue weighted by atomic mass is 32.2. The first kappa shape index (κ1) is 19.5. The second-order valence-corrected chi connectivity index (χ2v) is 7.78. The van der Waals surface area contributed by atoms with Gasteiger partial charge in [-0.3, -0.25) is 14.2 Å². The molecule has 3 rings (SSSR count). The zero-order chi connectivity index (χ0) is 19.4. The van der Waals surface area contributed by atoms with E-state index in [1.54, 1.807) is 18.1 Å². The fourth-order valence-corrected chi connectivity index (χ4v) is 3.88. The molecule has 2 amide bonds. The molecule has 1 saturated heterocycles. The smallest absolute Gasteiger partial charge is 0.233 e. The molecule has 0 radical (unpaired) electrons. The highest BCUT2D eigenvalue weighted by Gasteiger charge is 2.23. The van der Waals surface area contributed by atoms with Gasteiger partial charge in [0.2, 0.25) is 11.8 Å². The predicted octanol–water partition coefficient (Wildman–Crippen LogP) is 1.83. The first-order valence-corrected chi connectivity index (χ1v) is 10.1. The largest absolute Gasteiger partial charge is 0.467 e. The van der Waals surface area contributed by atoms with E-state index >= 15 is 0 Å². The molecule has 27 heavy (non-hydrogen) atoms. The van der Waals surface area contributed by atoms with Crippen molar-refractivity contribution in [2.75, 3.05) is 31.9 Å². The first-order valence-electron chi connectivity index (χ1n) is 9.07. The van der Waals surface area contributed by atoms with E-state index in [2.05, 4.69) is 24.0 Å². The molecule has 2 aromatic rings. The molecule has 1 aliphatic rings. The summed E-state index contributed by atoms with van der Waals surface area (Å²) in [5.74, 6) is 2.33. The molecule has 0 aliphatic carbocycles. The van der Waals surface area contributed by atoms with Crippen molar-refractivity contribution in [2.24, 2.45) is 0 Å². The summed E-state index contributed by atoms with van der Waals surface area (Å²) in [4.78, 5) is 27.5. The number of hydrogen-bond acceptors (Lipinski definition) is 6. The quantitative estimate of drug-likeness (QED) is 0.699. The zero-order valence-electron chi connectivity index (χ0n) is 15.9. The van der Waals surface area contributed by atoms with Crippen LogP contribution in [0.4, 0.5) is 0 Å². The van der Waals surface area contributed by atoms with Crippen LogP contribution in [0.3, 0.4) is 0 Å². The fourth-order valence-electron chi connectivity index (χ4n) is 3.03. The van der Waals surface area contributed by atoms with Gasteiger partial charge in [0.1, 0.15) is 11.6 Å². The Labute approximate surface area is 162 Å². The predicted molar refractivity (Wildman–Crippen MR) is 101 cm³/mol. The zero-order valence-corrected chi connectivity index (χ0v) is 16.7. The molecule has 0 unspecified atom stereocenters. The van der Waals surface area contributed by atoms with E-state index < -0.39 is 0 Å². The molecular formula is C18H25N5O3S.